The molecular formula is C21H21BrClNO4. The van der Waals surface area contributed by atoms with Crippen LogP contribution in [-0.4, -0.2) is 28.3 Å². The number of benzene rings is 2. The van der Waals surface area contributed by atoms with Crippen molar-refractivity contribution in [3.05, 3.63) is 69.2 Å². The molecule has 0 aliphatic heterocycles. The lowest BCUT2D eigenvalue weighted by atomic mass is 9.83. The standard InChI is InChI=1S/C21H20BrNO4.ClH/c1-2-3-10-23-18(15-11-12(22)8-9-16(15)24)17-19(25)13-6-4-5-7-14(13)20(26)21(17)27;/h4-9,11,18,23-25H,2-3,10H2,1H3;1H. The van der Waals surface area contributed by atoms with Gasteiger partial charge in [-0.1, -0.05) is 53.5 Å². The molecule has 7 heteroatoms. The quantitative estimate of drug-likeness (QED) is 0.423. The predicted octanol–water partition coefficient (Wildman–Crippen LogP) is 4.74. The van der Waals surface area contributed by atoms with Gasteiger partial charge in [-0.05, 0) is 31.2 Å². The highest BCUT2D eigenvalue weighted by molar-refractivity contribution is 9.10. The van der Waals surface area contributed by atoms with Gasteiger partial charge in [0.15, 0.2) is 0 Å². The average molecular weight is 467 g/mol. The number of carbonyl (C=O) groups is 2. The Hall–Kier alpha value is -2.15. The van der Waals surface area contributed by atoms with E-state index < -0.39 is 17.6 Å². The Labute approximate surface area is 178 Å². The molecule has 1 aliphatic rings. The van der Waals surface area contributed by atoms with Crippen LogP contribution < -0.4 is 5.32 Å². The molecule has 0 saturated carbocycles. The summed E-state index contributed by atoms with van der Waals surface area (Å²) in [5.74, 6) is -1.68. The summed E-state index contributed by atoms with van der Waals surface area (Å²) in [7, 11) is 0. The second kappa shape index (κ2) is 9.37. The number of aliphatic hydroxyl groups is 1. The molecule has 3 rings (SSSR count). The van der Waals surface area contributed by atoms with Crippen molar-refractivity contribution < 1.29 is 19.8 Å². The number of phenols is 1. The molecular weight excluding hydrogens is 446 g/mol. The van der Waals surface area contributed by atoms with E-state index in [9.17, 15) is 19.8 Å². The molecule has 1 atom stereocenters. The summed E-state index contributed by atoms with van der Waals surface area (Å²) in [5.41, 5.74) is 0.897. The summed E-state index contributed by atoms with van der Waals surface area (Å²) >= 11 is 3.37. The van der Waals surface area contributed by atoms with E-state index in [0.717, 1.165) is 12.8 Å². The van der Waals surface area contributed by atoms with Crippen molar-refractivity contribution in [2.75, 3.05) is 6.54 Å². The number of nitrogens with one attached hydrogen (secondary N) is 1. The van der Waals surface area contributed by atoms with E-state index in [1.54, 1.807) is 30.3 Å². The fourth-order valence-corrected chi connectivity index (χ4v) is 3.58. The summed E-state index contributed by atoms with van der Waals surface area (Å²) in [5, 5.41) is 24.4. The first kappa shape index (κ1) is 22.1. The lowest BCUT2D eigenvalue weighted by Crippen LogP contribution is -2.34. The number of aliphatic hydroxyl groups excluding tert-OH is 1. The zero-order valence-corrected chi connectivity index (χ0v) is 17.6. The third-order valence-electron chi connectivity index (χ3n) is 4.60. The number of hydrogen-bond acceptors (Lipinski definition) is 5. The van der Waals surface area contributed by atoms with Gasteiger partial charge in [0.2, 0.25) is 11.6 Å². The van der Waals surface area contributed by atoms with E-state index in [4.69, 9.17) is 0 Å². The largest absolute Gasteiger partial charge is 0.508 e. The van der Waals surface area contributed by atoms with Gasteiger partial charge in [0.1, 0.15) is 11.5 Å². The van der Waals surface area contributed by atoms with Crippen LogP contribution in [0.3, 0.4) is 0 Å². The molecule has 2 aromatic carbocycles. The van der Waals surface area contributed by atoms with Gasteiger partial charge < -0.3 is 15.5 Å². The summed E-state index contributed by atoms with van der Waals surface area (Å²) in [6.07, 6.45) is 1.78. The second-order valence-corrected chi connectivity index (χ2v) is 7.33. The normalized spacial score (nSPS) is 14.5. The maximum Gasteiger partial charge on any atom is 0.235 e. The van der Waals surface area contributed by atoms with Crippen LogP contribution in [0, 0.1) is 0 Å². The number of fused-ring (bicyclic) bond motifs is 1. The van der Waals surface area contributed by atoms with Crippen molar-refractivity contribution in [3.63, 3.8) is 0 Å². The summed E-state index contributed by atoms with van der Waals surface area (Å²) in [6.45, 7) is 2.60. The minimum absolute atomic E-state index is 0. The molecule has 1 unspecified atom stereocenters. The summed E-state index contributed by atoms with van der Waals surface area (Å²) in [4.78, 5) is 25.4. The van der Waals surface area contributed by atoms with Gasteiger partial charge in [-0.25, -0.2) is 0 Å². The van der Waals surface area contributed by atoms with Crippen LogP contribution in [0.15, 0.2) is 52.5 Å². The van der Waals surface area contributed by atoms with Crippen molar-refractivity contribution in [1.29, 1.82) is 0 Å². The van der Waals surface area contributed by atoms with Gasteiger partial charge in [0, 0.05) is 21.2 Å². The van der Waals surface area contributed by atoms with Crippen LogP contribution in [0.5, 0.6) is 5.75 Å². The zero-order valence-electron chi connectivity index (χ0n) is 15.2. The van der Waals surface area contributed by atoms with E-state index in [2.05, 4.69) is 21.2 Å². The number of hydrogen-bond donors (Lipinski definition) is 3. The molecule has 0 amide bonds. The molecule has 0 radical (unpaired) electrons. The van der Waals surface area contributed by atoms with Crippen LogP contribution in [0.1, 0.15) is 47.3 Å². The van der Waals surface area contributed by atoms with Crippen molar-refractivity contribution in [3.8, 4) is 5.75 Å². The van der Waals surface area contributed by atoms with Crippen molar-refractivity contribution in [2.45, 2.75) is 25.8 Å². The molecule has 0 saturated heterocycles. The zero-order chi connectivity index (χ0) is 19.6. The number of aromatic hydroxyl groups is 1. The lowest BCUT2D eigenvalue weighted by molar-refractivity contribution is -0.112. The maximum atomic E-state index is 12.8. The van der Waals surface area contributed by atoms with Crippen LogP contribution >= 0.6 is 28.3 Å². The fourth-order valence-electron chi connectivity index (χ4n) is 3.20. The van der Waals surface area contributed by atoms with Crippen LogP contribution in [0.4, 0.5) is 0 Å². The SMILES string of the molecule is CCCCNC(C1=C(O)c2ccccc2C(=O)C1=O)c1cc(Br)ccc1O.Cl. The van der Waals surface area contributed by atoms with Crippen LogP contribution in [-0.2, 0) is 4.79 Å². The minimum atomic E-state index is -0.807. The van der Waals surface area contributed by atoms with Crippen molar-refractivity contribution in [1.82, 2.24) is 5.32 Å². The molecule has 0 fully saturated rings. The van der Waals surface area contributed by atoms with E-state index in [-0.39, 0.29) is 35.1 Å². The highest BCUT2D eigenvalue weighted by Gasteiger charge is 2.38. The van der Waals surface area contributed by atoms with E-state index >= 15 is 0 Å². The molecule has 0 spiro atoms. The van der Waals surface area contributed by atoms with Gasteiger partial charge in [-0.3, -0.25) is 9.59 Å². The molecule has 2 aromatic rings. The minimum Gasteiger partial charge on any atom is -0.508 e. The highest BCUT2D eigenvalue weighted by atomic mass is 79.9. The second-order valence-electron chi connectivity index (χ2n) is 6.41. The first-order valence-corrected chi connectivity index (χ1v) is 9.58. The third kappa shape index (κ3) is 4.14. The molecule has 3 N–H and O–H groups in total. The molecule has 5 nitrogen and oxygen atoms in total. The Kier molecular flexibility index (Phi) is 7.41. The number of phenolic OH excluding ortho intramolecular Hbond substituents is 1. The van der Waals surface area contributed by atoms with Crippen molar-refractivity contribution >= 4 is 45.7 Å². The van der Waals surface area contributed by atoms with Crippen LogP contribution in [0.2, 0.25) is 0 Å². The summed E-state index contributed by atoms with van der Waals surface area (Å²) < 4.78 is 0.715. The topological polar surface area (TPSA) is 86.6 Å². The lowest BCUT2D eigenvalue weighted by Gasteiger charge is -2.26. The number of ketones is 2. The van der Waals surface area contributed by atoms with Gasteiger partial charge in [0.25, 0.3) is 0 Å². The average Bonchev–Trinajstić information content (AvgIpc) is 2.67. The molecule has 0 bridgehead atoms. The first-order valence-electron chi connectivity index (χ1n) is 8.79. The number of halogens is 2. The number of carbonyl (C=O) groups excluding carboxylic acids is 2. The Balaban J connectivity index is 0.00000280. The van der Waals surface area contributed by atoms with E-state index in [1.807, 2.05) is 6.92 Å². The highest BCUT2D eigenvalue weighted by Crippen LogP contribution is 2.38. The summed E-state index contributed by atoms with van der Waals surface area (Å²) in [6, 6.07) is 10.5. The molecule has 28 heavy (non-hydrogen) atoms. The predicted molar refractivity (Wildman–Crippen MR) is 114 cm³/mol. The molecule has 148 valence electrons. The van der Waals surface area contributed by atoms with Gasteiger partial charge >= 0.3 is 0 Å². The number of unbranched alkanes of at least 4 members (excludes halogenated alkanes) is 1. The Morgan fingerprint density at radius 3 is 2.39 bits per heavy atom. The van der Waals surface area contributed by atoms with Crippen LogP contribution in [0.25, 0.3) is 5.76 Å². The van der Waals surface area contributed by atoms with Gasteiger partial charge in [-0.15, -0.1) is 12.4 Å². The maximum absolute atomic E-state index is 12.8. The van der Waals surface area contributed by atoms with E-state index in [0.29, 0.717) is 22.1 Å². The molecule has 0 heterocycles. The Morgan fingerprint density at radius 2 is 1.71 bits per heavy atom. The smallest absolute Gasteiger partial charge is 0.235 e. The van der Waals surface area contributed by atoms with Crippen molar-refractivity contribution in [2.24, 2.45) is 0 Å². The monoisotopic (exact) mass is 465 g/mol. The number of rotatable bonds is 6. The Morgan fingerprint density at radius 1 is 1.04 bits per heavy atom. The van der Waals surface area contributed by atoms with E-state index in [1.165, 1.54) is 12.1 Å². The Bertz CT molecular complexity index is 942. The fraction of sp³-hybridized carbons (Fsp3) is 0.238. The van der Waals surface area contributed by atoms with Gasteiger partial charge in [-0.2, -0.15) is 0 Å². The first-order chi connectivity index (χ1) is 13.0. The third-order valence-corrected chi connectivity index (χ3v) is 5.09. The molecule has 1 aliphatic carbocycles. The van der Waals surface area contributed by atoms with Gasteiger partial charge in [0.05, 0.1) is 11.6 Å². The molecule has 0 aromatic heterocycles. The number of Topliss-reactive ketones (excluding diaryl/α,β-unsaturated/α-hetero) is 2.